The third-order valence-electron chi connectivity index (χ3n) is 2.28. The number of carbonyl (C=O) groups is 1. The number of hydrogen-bond acceptors (Lipinski definition) is 4. The Kier molecular flexibility index (Phi) is 5.42. The lowest BCUT2D eigenvalue weighted by Crippen LogP contribution is -2.32. The second-order valence-electron chi connectivity index (χ2n) is 3.48. The van der Waals surface area contributed by atoms with Crippen molar-refractivity contribution >= 4 is 50.5 Å². The van der Waals surface area contributed by atoms with Crippen molar-refractivity contribution in [2.45, 2.75) is 18.2 Å². The summed E-state index contributed by atoms with van der Waals surface area (Å²) in [5.41, 5.74) is 0. The fourth-order valence-electron chi connectivity index (χ4n) is 1.20. The maximum Gasteiger partial charge on any atom is 0.307 e. The Hall–Kier alpha value is -0.340. The van der Waals surface area contributed by atoms with E-state index in [1.165, 1.54) is 6.07 Å². The van der Waals surface area contributed by atoms with Gasteiger partial charge in [-0.15, -0.1) is 11.3 Å². The number of sulfonamides is 1. The van der Waals surface area contributed by atoms with Crippen LogP contribution in [0.5, 0.6) is 0 Å². The van der Waals surface area contributed by atoms with Gasteiger partial charge in [0.25, 0.3) is 0 Å². The maximum absolute atomic E-state index is 11.9. The van der Waals surface area contributed by atoms with E-state index in [0.29, 0.717) is 6.42 Å². The van der Waals surface area contributed by atoms with Gasteiger partial charge in [-0.3, -0.25) is 4.79 Å². The number of thiophene rings is 1. The minimum absolute atomic E-state index is 0.0517. The van der Waals surface area contributed by atoms with E-state index in [4.69, 9.17) is 28.3 Å². The Labute approximate surface area is 119 Å². The summed E-state index contributed by atoms with van der Waals surface area (Å²) in [5.74, 6) is -1.82. The average Bonchev–Trinajstić information content (AvgIpc) is 2.58. The monoisotopic (exact) mass is 331 g/mol. The quantitative estimate of drug-likeness (QED) is 0.838. The van der Waals surface area contributed by atoms with Crippen LogP contribution in [0.4, 0.5) is 0 Å². The number of carboxylic acids is 1. The fraction of sp³-hybridized carbons (Fsp3) is 0.444. The Balaban J connectivity index is 2.83. The molecular weight excluding hydrogens is 321 g/mol. The van der Waals surface area contributed by atoms with E-state index in [2.05, 4.69) is 4.72 Å². The van der Waals surface area contributed by atoms with E-state index in [1.807, 2.05) is 0 Å². The second-order valence-corrected chi connectivity index (χ2v) is 7.50. The molecule has 1 aromatic rings. The number of nitrogens with one attached hydrogen (secondary N) is 1. The van der Waals surface area contributed by atoms with Crippen molar-refractivity contribution in [3.63, 3.8) is 0 Å². The molecular formula is C9H11Cl2NO4S2. The summed E-state index contributed by atoms with van der Waals surface area (Å²) in [6.07, 6.45) is 0.329. The highest BCUT2D eigenvalue weighted by Crippen LogP contribution is 2.34. The topological polar surface area (TPSA) is 83.5 Å². The summed E-state index contributed by atoms with van der Waals surface area (Å²) in [7, 11) is -3.83. The highest BCUT2D eigenvalue weighted by Gasteiger charge is 2.23. The standard InChI is InChI=1S/C9H11Cl2NO4S2/c1-2-5(9(13)14)4-12-18(15,16)6-3-7(10)17-8(6)11/h3,5,12H,2,4H2,1H3,(H,13,14). The van der Waals surface area contributed by atoms with Gasteiger partial charge in [0.15, 0.2) is 0 Å². The van der Waals surface area contributed by atoms with Crippen molar-refractivity contribution < 1.29 is 18.3 Å². The summed E-state index contributed by atoms with van der Waals surface area (Å²) in [5, 5.41) is 8.82. The predicted molar refractivity (Wildman–Crippen MR) is 70.9 cm³/mol. The van der Waals surface area contributed by atoms with Gasteiger partial charge in [-0.05, 0) is 12.5 Å². The largest absolute Gasteiger partial charge is 0.481 e. The zero-order chi connectivity index (χ0) is 13.9. The highest BCUT2D eigenvalue weighted by molar-refractivity contribution is 7.89. The SMILES string of the molecule is CCC(CNS(=O)(=O)c1cc(Cl)sc1Cl)C(=O)O. The van der Waals surface area contributed by atoms with Crippen LogP contribution in [0, 0.1) is 5.92 Å². The molecule has 0 radical (unpaired) electrons. The van der Waals surface area contributed by atoms with Crippen LogP contribution < -0.4 is 4.72 Å². The second kappa shape index (κ2) is 6.21. The van der Waals surface area contributed by atoms with Crippen molar-refractivity contribution in [2.24, 2.45) is 5.92 Å². The van der Waals surface area contributed by atoms with E-state index < -0.39 is 21.9 Å². The third-order valence-corrected chi connectivity index (χ3v) is 5.45. The van der Waals surface area contributed by atoms with Gasteiger partial charge in [-0.2, -0.15) is 0 Å². The summed E-state index contributed by atoms with van der Waals surface area (Å²) in [6.45, 7) is 1.49. The molecule has 0 saturated heterocycles. The smallest absolute Gasteiger partial charge is 0.307 e. The van der Waals surface area contributed by atoms with Crippen molar-refractivity contribution in [2.75, 3.05) is 6.54 Å². The summed E-state index contributed by atoms with van der Waals surface area (Å²) in [6, 6.07) is 1.23. The van der Waals surface area contributed by atoms with Gasteiger partial charge in [0, 0.05) is 6.54 Å². The number of rotatable bonds is 6. The molecule has 1 heterocycles. The van der Waals surface area contributed by atoms with Gasteiger partial charge in [-0.1, -0.05) is 30.1 Å². The molecule has 18 heavy (non-hydrogen) atoms. The summed E-state index contributed by atoms with van der Waals surface area (Å²) in [4.78, 5) is 10.6. The molecule has 102 valence electrons. The van der Waals surface area contributed by atoms with E-state index in [-0.39, 0.29) is 20.1 Å². The molecule has 1 atom stereocenters. The number of carboxylic acid groups (broad SMARTS) is 1. The van der Waals surface area contributed by atoms with Gasteiger partial charge < -0.3 is 5.11 Å². The third kappa shape index (κ3) is 3.83. The van der Waals surface area contributed by atoms with Crippen molar-refractivity contribution in [1.82, 2.24) is 4.72 Å². The molecule has 1 rings (SSSR count). The van der Waals surface area contributed by atoms with E-state index in [1.54, 1.807) is 6.92 Å². The van der Waals surface area contributed by atoms with E-state index in [0.717, 1.165) is 11.3 Å². The molecule has 0 saturated carbocycles. The van der Waals surface area contributed by atoms with Crippen LogP contribution in [0.25, 0.3) is 0 Å². The fourth-order valence-corrected chi connectivity index (χ4v) is 4.43. The lowest BCUT2D eigenvalue weighted by Gasteiger charge is -2.10. The predicted octanol–water partition coefficient (Wildman–Crippen LogP) is 2.44. The molecule has 0 aromatic carbocycles. The molecule has 0 aliphatic carbocycles. The molecule has 1 aromatic heterocycles. The van der Waals surface area contributed by atoms with Gasteiger partial charge in [0.05, 0.1) is 10.3 Å². The minimum atomic E-state index is -3.83. The Morgan fingerprint density at radius 1 is 1.56 bits per heavy atom. The van der Waals surface area contributed by atoms with Gasteiger partial charge in [0.1, 0.15) is 9.23 Å². The van der Waals surface area contributed by atoms with E-state index in [9.17, 15) is 13.2 Å². The Bertz CT molecular complexity index is 541. The highest BCUT2D eigenvalue weighted by atomic mass is 35.5. The lowest BCUT2D eigenvalue weighted by atomic mass is 10.1. The number of halogens is 2. The first kappa shape index (κ1) is 15.7. The summed E-state index contributed by atoms with van der Waals surface area (Å²) >= 11 is 12.3. The van der Waals surface area contributed by atoms with Crippen LogP contribution in [0.1, 0.15) is 13.3 Å². The molecule has 0 bridgehead atoms. The molecule has 0 aliphatic heterocycles. The van der Waals surface area contributed by atoms with Crippen LogP contribution in [0.3, 0.4) is 0 Å². The Morgan fingerprint density at radius 3 is 2.56 bits per heavy atom. The summed E-state index contributed by atoms with van der Waals surface area (Å²) < 4.78 is 26.3. The average molecular weight is 332 g/mol. The molecule has 0 aliphatic rings. The first-order chi connectivity index (χ1) is 8.27. The maximum atomic E-state index is 11.9. The first-order valence-electron chi connectivity index (χ1n) is 4.95. The van der Waals surface area contributed by atoms with Crippen LogP contribution >= 0.6 is 34.5 Å². The zero-order valence-electron chi connectivity index (χ0n) is 9.31. The van der Waals surface area contributed by atoms with Crippen LogP contribution in [-0.2, 0) is 14.8 Å². The normalized spacial score (nSPS) is 13.5. The molecule has 9 heteroatoms. The van der Waals surface area contributed by atoms with Crippen molar-refractivity contribution in [3.05, 3.63) is 14.7 Å². The molecule has 1 unspecified atom stereocenters. The van der Waals surface area contributed by atoms with Gasteiger partial charge >= 0.3 is 5.97 Å². The Morgan fingerprint density at radius 2 is 2.17 bits per heavy atom. The van der Waals surface area contributed by atoms with E-state index >= 15 is 0 Å². The van der Waals surface area contributed by atoms with Crippen LogP contribution in [-0.4, -0.2) is 26.0 Å². The minimum Gasteiger partial charge on any atom is -0.481 e. The van der Waals surface area contributed by atoms with Crippen LogP contribution in [0.15, 0.2) is 11.0 Å². The molecule has 5 nitrogen and oxygen atoms in total. The van der Waals surface area contributed by atoms with Crippen LogP contribution in [0.2, 0.25) is 8.67 Å². The van der Waals surface area contributed by atoms with Gasteiger partial charge in [-0.25, -0.2) is 13.1 Å². The van der Waals surface area contributed by atoms with Gasteiger partial charge in [0.2, 0.25) is 10.0 Å². The first-order valence-corrected chi connectivity index (χ1v) is 8.00. The molecule has 0 amide bonds. The molecule has 0 fully saturated rings. The van der Waals surface area contributed by atoms with Crippen molar-refractivity contribution in [1.29, 1.82) is 0 Å². The number of aliphatic carboxylic acids is 1. The zero-order valence-corrected chi connectivity index (χ0v) is 12.5. The molecule has 2 N–H and O–H groups in total. The number of hydrogen-bond donors (Lipinski definition) is 2. The lowest BCUT2D eigenvalue weighted by molar-refractivity contribution is -0.141. The molecule has 0 spiro atoms. The van der Waals surface area contributed by atoms with Crippen molar-refractivity contribution in [3.8, 4) is 0 Å².